The van der Waals surface area contributed by atoms with Gasteiger partial charge in [-0.25, -0.2) is 4.39 Å². The maximum Gasteiger partial charge on any atom is 0.124 e. The van der Waals surface area contributed by atoms with E-state index in [2.05, 4.69) is 59.4 Å². The zero-order valence-electron chi connectivity index (χ0n) is 11.8. The fourth-order valence-corrected chi connectivity index (χ4v) is 2.94. The quantitative estimate of drug-likeness (QED) is 0.828. The first-order valence-electron chi connectivity index (χ1n) is 6.84. The topological polar surface area (TPSA) is 12.0 Å². The molecule has 0 aliphatic carbocycles. The summed E-state index contributed by atoms with van der Waals surface area (Å²) in [6.45, 7) is 5.13. The lowest BCUT2D eigenvalue weighted by Gasteiger charge is -2.21. The highest BCUT2D eigenvalue weighted by molar-refractivity contribution is 9.10. The maximum absolute atomic E-state index is 13.2. The maximum atomic E-state index is 13.2. The van der Waals surface area contributed by atoms with Gasteiger partial charge in [0.1, 0.15) is 5.82 Å². The molecule has 0 bridgehead atoms. The molecule has 0 aliphatic heterocycles. The summed E-state index contributed by atoms with van der Waals surface area (Å²) in [6, 6.07) is 13.5. The second kappa shape index (κ2) is 7.00. The van der Waals surface area contributed by atoms with E-state index in [9.17, 15) is 4.39 Å². The fraction of sp³-hybridized carbons (Fsp3) is 0.294. The molecule has 0 fully saturated rings. The minimum atomic E-state index is -0.212. The lowest BCUT2D eigenvalue weighted by atomic mass is 9.95. The number of nitrogens with one attached hydrogen (secondary N) is 1. The number of halogens is 2. The summed E-state index contributed by atoms with van der Waals surface area (Å²) in [6.07, 6.45) is 0.833. The number of aryl methyl sites for hydroxylation is 1. The van der Waals surface area contributed by atoms with Gasteiger partial charge in [-0.1, -0.05) is 53.2 Å². The van der Waals surface area contributed by atoms with E-state index in [1.165, 1.54) is 23.3 Å². The lowest BCUT2D eigenvalue weighted by Crippen LogP contribution is -2.23. The molecule has 20 heavy (non-hydrogen) atoms. The van der Waals surface area contributed by atoms with Crippen LogP contribution in [0.3, 0.4) is 0 Å². The monoisotopic (exact) mass is 335 g/mol. The van der Waals surface area contributed by atoms with E-state index in [1.807, 2.05) is 6.07 Å². The molecule has 1 atom stereocenters. The Morgan fingerprint density at radius 1 is 1.20 bits per heavy atom. The normalized spacial score (nSPS) is 12.4. The van der Waals surface area contributed by atoms with Gasteiger partial charge in [0.25, 0.3) is 0 Å². The van der Waals surface area contributed by atoms with Gasteiger partial charge >= 0.3 is 0 Å². The summed E-state index contributed by atoms with van der Waals surface area (Å²) in [5.74, 6) is -0.212. The van der Waals surface area contributed by atoms with E-state index in [1.54, 1.807) is 0 Å². The van der Waals surface area contributed by atoms with E-state index in [4.69, 9.17) is 0 Å². The highest BCUT2D eigenvalue weighted by atomic mass is 79.9. The first kappa shape index (κ1) is 15.2. The molecule has 0 amide bonds. The van der Waals surface area contributed by atoms with Crippen LogP contribution in [0, 0.1) is 12.7 Å². The van der Waals surface area contributed by atoms with Crippen molar-refractivity contribution < 1.29 is 4.39 Å². The van der Waals surface area contributed by atoms with E-state index in [-0.39, 0.29) is 11.9 Å². The van der Waals surface area contributed by atoms with Gasteiger partial charge < -0.3 is 5.32 Å². The predicted octanol–water partition coefficient (Wildman–Crippen LogP) is 4.79. The molecule has 1 N–H and O–H groups in total. The largest absolute Gasteiger partial charge is 0.310 e. The number of benzene rings is 2. The molecule has 2 rings (SSSR count). The van der Waals surface area contributed by atoms with Crippen LogP contribution in [0.2, 0.25) is 0 Å². The average molecular weight is 336 g/mol. The Labute approximate surface area is 128 Å². The molecule has 106 valence electrons. The Balaban J connectivity index is 2.28. The van der Waals surface area contributed by atoms with Gasteiger partial charge in [-0.15, -0.1) is 0 Å². The Hall–Kier alpha value is -1.19. The summed E-state index contributed by atoms with van der Waals surface area (Å²) in [7, 11) is 0. The molecule has 1 unspecified atom stereocenters. The zero-order chi connectivity index (χ0) is 14.5. The third kappa shape index (κ3) is 3.68. The van der Waals surface area contributed by atoms with E-state index < -0.39 is 0 Å². The fourth-order valence-electron chi connectivity index (χ4n) is 2.42. The van der Waals surface area contributed by atoms with Gasteiger partial charge in [0, 0.05) is 10.5 Å². The Morgan fingerprint density at radius 2 is 1.95 bits per heavy atom. The van der Waals surface area contributed by atoms with Crippen LogP contribution in [0.25, 0.3) is 0 Å². The van der Waals surface area contributed by atoms with Crippen molar-refractivity contribution in [2.75, 3.05) is 6.54 Å². The van der Waals surface area contributed by atoms with Gasteiger partial charge in [0.15, 0.2) is 0 Å². The smallest absolute Gasteiger partial charge is 0.124 e. The summed E-state index contributed by atoms with van der Waals surface area (Å²) >= 11 is 3.45. The second-order valence-electron chi connectivity index (χ2n) is 4.91. The third-order valence-corrected chi connectivity index (χ3v) is 4.19. The SMILES string of the molecule is CCNC(Cc1ccc(F)cc1Br)c1ccccc1C. The van der Waals surface area contributed by atoms with Crippen molar-refractivity contribution in [1.82, 2.24) is 5.32 Å². The Bertz CT molecular complexity index is 583. The van der Waals surface area contributed by atoms with Crippen LogP contribution in [-0.4, -0.2) is 6.54 Å². The van der Waals surface area contributed by atoms with Crippen molar-refractivity contribution in [1.29, 1.82) is 0 Å². The molecule has 0 radical (unpaired) electrons. The molecule has 2 aromatic carbocycles. The minimum Gasteiger partial charge on any atom is -0.310 e. The summed E-state index contributed by atoms with van der Waals surface area (Å²) in [5.41, 5.74) is 3.68. The summed E-state index contributed by atoms with van der Waals surface area (Å²) in [4.78, 5) is 0. The first-order valence-corrected chi connectivity index (χ1v) is 7.64. The van der Waals surface area contributed by atoms with Gasteiger partial charge in [-0.2, -0.15) is 0 Å². The number of hydrogen-bond donors (Lipinski definition) is 1. The molecule has 1 nitrogen and oxygen atoms in total. The Kier molecular flexibility index (Phi) is 5.32. The number of rotatable bonds is 5. The van der Waals surface area contributed by atoms with Gasteiger partial charge in [-0.3, -0.25) is 0 Å². The highest BCUT2D eigenvalue weighted by Gasteiger charge is 2.14. The van der Waals surface area contributed by atoms with Gasteiger partial charge in [0.05, 0.1) is 0 Å². The molecule has 0 spiro atoms. The molecule has 0 saturated heterocycles. The van der Waals surface area contributed by atoms with E-state index in [0.29, 0.717) is 0 Å². The molecule has 0 aliphatic rings. The predicted molar refractivity (Wildman–Crippen MR) is 85.4 cm³/mol. The minimum absolute atomic E-state index is 0.212. The molecule has 0 heterocycles. The van der Waals surface area contributed by atoms with Crippen LogP contribution in [0.1, 0.15) is 29.7 Å². The molecule has 0 saturated carbocycles. The third-order valence-electron chi connectivity index (χ3n) is 3.45. The first-order chi connectivity index (χ1) is 9.61. The van der Waals surface area contributed by atoms with Crippen molar-refractivity contribution in [3.63, 3.8) is 0 Å². The zero-order valence-corrected chi connectivity index (χ0v) is 13.4. The molecule has 3 heteroatoms. The number of likely N-dealkylation sites (N-methyl/N-ethyl adjacent to an activating group) is 1. The second-order valence-corrected chi connectivity index (χ2v) is 5.76. The van der Waals surface area contributed by atoms with Gasteiger partial charge in [-0.05, 0) is 48.7 Å². The molecular formula is C17H19BrFN. The molecular weight excluding hydrogens is 317 g/mol. The highest BCUT2D eigenvalue weighted by Crippen LogP contribution is 2.26. The lowest BCUT2D eigenvalue weighted by molar-refractivity contribution is 0.545. The standard InChI is InChI=1S/C17H19BrFN/c1-3-20-17(15-7-5-4-6-12(15)2)10-13-8-9-14(19)11-16(13)18/h4-9,11,17,20H,3,10H2,1-2H3. The van der Waals surface area contributed by atoms with Crippen molar-refractivity contribution in [3.05, 3.63) is 69.4 Å². The van der Waals surface area contributed by atoms with Crippen LogP contribution in [0.4, 0.5) is 4.39 Å². The van der Waals surface area contributed by atoms with Crippen LogP contribution in [0.15, 0.2) is 46.9 Å². The van der Waals surface area contributed by atoms with E-state index in [0.717, 1.165) is 23.0 Å². The number of hydrogen-bond acceptors (Lipinski definition) is 1. The van der Waals surface area contributed by atoms with Gasteiger partial charge in [0.2, 0.25) is 0 Å². The van der Waals surface area contributed by atoms with Crippen LogP contribution in [0.5, 0.6) is 0 Å². The summed E-state index contributed by atoms with van der Waals surface area (Å²) < 4.78 is 14.0. The van der Waals surface area contributed by atoms with Crippen molar-refractivity contribution >= 4 is 15.9 Å². The van der Waals surface area contributed by atoms with Crippen LogP contribution in [-0.2, 0) is 6.42 Å². The van der Waals surface area contributed by atoms with Crippen molar-refractivity contribution in [2.24, 2.45) is 0 Å². The molecule has 2 aromatic rings. The van der Waals surface area contributed by atoms with Crippen LogP contribution < -0.4 is 5.32 Å². The molecule has 0 aromatic heterocycles. The van der Waals surface area contributed by atoms with Crippen LogP contribution >= 0.6 is 15.9 Å². The Morgan fingerprint density at radius 3 is 2.60 bits per heavy atom. The van der Waals surface area contributed by atoms with Crippen molar-refractivity contribution in [3.8, 4) is 0 Å². The summed E-state index contributed by atoms with van der Waals surface area (Å²) in [5, 5.41) is 3.52. The van der Waals surface area contributed by atoms with E-state index >= 15 is 0 Å². The average Bonchev–Trinajstić information content (AvgIpc) is 2.42. The van der Waals surface area contributed by atoms with Crippen molar-refractivity contribution in [2.45, 2.75) is 26.3 Å².